The number of aromatic nitrogens is 2. The normalized spacial score (nSPS) is 26.4. The predicted molar refractivity (Wildman–Crippen MR) is 125 cm³/mol. The van der Waals surface area contributed by atoms with E-state index in [2.05, 4.69) is 5.09 Å². The molecule has 2 heterocycles. The molecule has 36 heavy (non-hydrogen) atoms. The van der Waals surface area contributed by atoms with Gasteiger partial charge in [-0.2, -0.15) is 5.09 Å². The molecule has 0 spiro atoms. The van der Waals surface area contributed by atoms with Crippen molar-refractivity contribution in [3.05, 3.63) is 63.4 Å². The molecule has 1 fully saturated rings. The van der Waals surface area contributed by atoms with Crippen LogP contribution in [0, 0.1) is 5.92 Å². The third kappa shape index (κ3) is 6.48. The molecule has 0 bridgehead atoms. The molecule has 0 aliphatic carbocycles. The van der Waals surface area contributed by atoms with Gasteiger partial charge in [-0.1, -0.05) is 25.1 Å². The third-order valence-electron chi connectivity index (χ3n) is 5.29. The summed E-state index contributed by atoms with van der Waals surface area (Å²) in [6, 6.07) is 7.72. The second-order valence-corrected chi connectivity index (χ2v) is 10.3. The van der Waals surface area contributed by atoms with Crippen molar-refractivity contribution in [2.45, 2.75) is 58.0 Å². The Balaban J connectivity index is 1.81. The van der Waals surface area contributed by atoms with Gasteiger partial charge in [0.25, 0.3) is 11.4 Å². The number of benzene rings is 1. The monoisotopic (exact) mass is 529 g/mol. The summed E-state index contributed by atoms with van der Waals surface area (Å²) in [6.45, 7) is 4.98. The number of ether oxygens (including phenoxy) is 2. The van der Waals surface area contributed by atoms with Crippen LogP contribution in [0.3, 0.4) is 0 Å². The van der Waals surface area contributed by atoms with Gasteiger partial charge in [0.1, 0.15) is 30.7 Å². The molecule has 1 aliphatic rings. The van der Waals surface area contributed by atoms with Crippen LogP contribution in [0.4, 0.5) is 4.39 Å². The summed E-state index contributed by atoms with van der Waals surface area (Å²) in [6.07, 6.45) is -2.45. The van der Waals surface area contributed by atoms with Crippen LogP contribution in [0.15, 0.2) is 52.2 Å². The Labute approximate surface area is 205 Å². The quantitative estimate of drug-likeness (QED) is 0.306. The van der Waals surface area contributed by atoms with Crippen molar-refractivity contribution in [3.63, 3.8) is 0 Å². The zero-order valence-corrected chi connectivity index (χ0v) is 21.0. The van der Waals surface area contributed by atoms with Crippen LogP contribution in [0.5, 0.6) is 5.75 Å². The number of hydrogen-bond donors (Lipinski definition) is 3. The highest BCUT2D eigenvalue weighted by molar-refractivity contribution is 7.52. The second-order valence-electron chi connectivity index (χ2n) is 8.63. The zero-order valence-electron chi connectivity index (χ0n) is 20.1. The summed E-state index contributed by atoms with van der Waals surface area (Å²) in [4.78, 5) is 37.8. The number of carbonyl (C=O) groups is 1. The number of H-pyrrole nitrogens is 1. The SMILES string of the molecule is CC(C)OC(=O)C(C)NP(=O)(OC[C@@]1(F)O[C@@H](n2ccc(=O)[nH]c2=O)[C@@H](C)[C@@H]1O)Oc1ccccc1. The Hall–Kier alpha value is -2.83. The van der Waals surface area contributed by atoms with Crippen LogP contribution in [-0.2, 0) is 23.4 Å². The molecule has 14 heteroatoms. The van der Waals surface area contributed by atoms with Crippen LogP contribution >= 0.6 is 7.75 Å². The maximum Gasteiger partial charge on any atom is 0.459 e. The second kappa shape index (κ2) is 11.1. The molecule has 1 saturated heterocycles. The molecule has 1 aromatic carbocycles. The van der Waals surface area contributed by atoms with Gasteiger partial charge in [0.15, 0.2) is 0 Å². The number of para-hydroxylation sites is 1. The number of alkyl halides is 1. The molecule has 2 aromatic rings. The van der Waals surface area contributed by atoms with Gasteiger partial charge in [-0.25, -0.2) is 13.8 Å². The van der Waals surface area contributed by atoms with E-state index in [0.29, 0.717) is 0 Å². The number of rotatable bonds is 10. The van der Waals surface area contributed by atoms with E-state index in [0.717, 1.165) is 16.8 Å². The summed E-state index contributed by atoms with van der Waals surface area (Å²) < 4.78 is 51.4. The molecule has 1 aliphatic heterocycles. The largest absolute Gasteiger partial charge is 0.462 e. The van der Waals surface area contributed by atoms with E-state index < -0.39 is 67.8 Å². The first kappa shape index (κ1) is 27.8. The Morgan fingerprint density at radius 3 is 2.56 bits per heavy atom. The lowest BCUT2D eigenvalue weighted by Crippen LogP contribution is -2.42. The standard InChI is InChI=1S/C22H29FN3O9P/c1-13(2)33-20(29)15(4)25-36(31,35-16-8-6-5-7-9-16)32-12-22(23)18(28)14(3)19(34-22)26-11-10-17(27)24-21(26)30/h5-11,13-15,18-19,28H,12H2,1-4H3,(H,25,31)(H,24,27,30)/t14-,15?,18-,19+,22+,36?/m0/s1. The number of carbonyl (C=O) groups excluding carboxylic acids is 1. The van der Waals surface area contributed by atoms with Crippen LogP contribution in [0.1, 0.15) is 33.9 Å². The fourth-order valence-electron chi connectivity index (χ4n) is 3.49. The maximum atomic E-state index is 15.8. The summed E-state index contributed by atoms with van der Waals surface area (Å²) in [5.74, 6) is -4.53. The third-order valence-corrected chi connectivity index (χ3v) is 6.91. The minimum Gasteiger partial charge on any atom is -0.462 e. The summed E-state index contributed by atoms with van der Waals surface area (Å²) in [7, 11) is -4.44. The van der Waals surface area contributed by atoms with Crippen LogP contribution in [-0.4, -0.2) is 51.3 Å². The van der Waals surface area contributed by atoms with Gasteiger partial charge in [-0.05, 0) is 32.9 Å². The Bertz CT molecular complexity index is 1220. The van der Waals surface area contributed by atoms with Gasteiger partial charge >= 0.3 is 19.4 Å². The fourth-order valence-corrected chi connectivity index (χ4v) is 5.00. The number of nitrogens with zero attached hydrogens (tertiary/aromatic N) is 1. The van der Waals surface area contributed by atoms with Crippen molar-refractivity contribution in [1.82, 2.24) is 14.6 Å². The number of aliphatic hydroxyl groups excluding tert-OH is 1. The number of aliphatic hydroxyl groups is 1. The van der Waals surface area contributed by atoms with E-state index in [1.807, 2.05) is 4.98 Å². The van der Waals surface area contributed by atoms with E-state index in [9.17, 15) is 24.1 Å². The minimum absolute atomic E-state index is 0.101. The van der Waals surface area contributed by atoms with Gasteiger partial charge in [-0.15, -0.1) is 0 Å². The van der Waals surface area contributed by atoms with E-state index >= 15 is 4.39 Å². The average Bonchev–Trinajstić information content (AvgIpc) is 3.02. The molecule has 1 aromatic heterocycles. The van der Waals surface area contributed by atoms with Crippen molar-refractivity contribution >= 4 is 13.7 Å². The molecular weight excluding hydrogens is 500 g/mol. The van der Waals surface area contributed by atoms with E-state index in [1.165, 1.54) is 26.0 Å². The number of halogens is 1. The molecule has 2 unspecified atom stereocenters. The predicted octanol–water partition coefficient (Wildman–Crippen LogP) is 1.86. The molecule has 3 rings (SSSR count). The molecule has 0 saturated carbocycles. The van der Waals surface area contributed by atoms with Crippen LogP contribution < -0.4 is 20.9 Å². The maximum absolute atomic E-state index is 15.8. The summed E-state index contributed by atoms with van der Waals surface area (Å²) >= 11 is 0. The lowest BCUT2D eigenvalue weighted by Gasteiger charge is -2.28. The highest BCUT2D eigenvalue weighted by Gasteiger charge is 2.56. The topological polar surface area (TPSA) is 158 Å². The van der Waals surface area contributed by atoms with Gasteiger partial charge in [0.2, 0.25) is 0 Å². The van der Waals surface area contributed by atoms with Crippen molar-refractivity contribution in [3.8, 4) is 5.75 Å². The van der Waals surface area contributed by atoms with Crippen molar-refractivity contribution in [2.24, 2.45) is 5.92 Å². The smallest absolute Gasteiger partial charge is 0.459 e. The summed E-state index contributed by atoms with van der Waals surface area (Å²) in [5, 5.41) is 13.0. The number of hydrogen-bond acceptors (Lipinski definition) is 9. The first-order chi connectivity index (χ1) is 16.8. The van der Waals surface area contributed by atoms with Crippen LogP contribution in [0.25, 0.3) is 0 Å². The van der Waals surface area contributed by atoms with Crippen molar-refractivity contribution < 1.29 is 37.4 Å². The van der Waals surface area contributed by atoms with Crippen molar-refractivity contribution in [2.75, 3.05) is 6.61 Å². The molecule has 0 radical (unpaired) electrons. The van der Waals surface area contributed by atoms with Crippen molar-refractivity contribution in [1.29, 1.82) is 0 Å². The zero-order chi connectivity index (χ0) is 26.7. The van der Waals surface area contributed by atoms with E-state index in [-0.39, 0.29) is 5.75 Å². The lowest BCUT2D eigenvalue weighted by molar-refractivity contribution is -0.204. The molecule has 198 valence electrons. The number of esters is 1. The highest BCUT2D eigenvalue weighted by atomic mass is 31.2. The molecule has 0 amide bonds. The van der Waals surface area contributed by atoms with E-state index in [1.54, 1.807) is 32.0 Å². The first-order valence-electron chi connectivity index (χ1n) is 11.2. The molecule has 6 atom stereocenters. The minimum atomic E-state index is -4.44. The van der Waals surface area contributed by atoms with Crippen LogP contribution in [0.2, 0.25) is 0 Å². The van der Waals surface area contributed by atoms with Gasteiger partial charge in [0, 0.05) is 18.2 Å². The van der Waals surface area contributed by atoms with Gasteiger partial charge in [-0.3, -0.25) is 23.7 Å². The lowest BCUT2D eigenvalue weighted by atomic mass is 10.0. The fraction of sp³-hybridized carbons (Fsp3) is 0.500. The van der Waals surface area contributed by atoms with Gasteiger partial charge < -0.3 is 19.1 Å². The van der Waals surface area contributed by atoms with Gasteiger partial charge in [0.05, 0.1) is 6.10 Å². The Morgan fingerprint density at radius 2 is 1.94 bits per heavy atom. The average molecular weight is 529 g/mol. The number of nitrogens with one attached hydrogen (secondary N) is 2. The first-order valence-corrected chi connectivity index (χ1v) is 12.7. The molecule has 3 N–H and O–H groups in total. The Kier molecular flexibility index (Phi) is 8.52. The number of aromatic amines is 1. The molecule has 12 nitrogen and oxygen atoms in total. The molecular formula is C22H29FN3O9P. The van der Waals surface area contributed by atoms with E-state index in [4.69, 9.17) is 18.5 Å². The Morgan fingerprint density at radius 1 is 1.28 bits per heavy atom. The highest BCUT2D eigenvalue weighted by Crippen LogP contribution is 2.49. The summed E-state index contributed by atoms with van der Waals surface area (Å²) in [5.41, 5.74) is -1.53.